The van der Waals surface area contributed by atoms with Gasteiger partial charge in [-0.05, 0) is 49.1 Å². The highest BCUT2D eigenvalue weighted by atomic mass is 16.5. The van der Waals surface area contributed by atoms with Gasteiger partial charge >= 0.3 is 0 Å². The molecule has 1 amide bonds. The Morgan fingerprint density at radius 1 is 1.00 bits per heavy atom. The summed E-state index contributed by atoms with van der Waals surface area (Å²) in [5, 5.41) is 11.5. The average molecular weight is 426 g/mol. The van der Waals surface area contributed by atoms with E-state index in [9.17, 15) is 9.90 Å². The van der Waals surface area contributed by atoms with Gasteiger partial charge in [-0.25, -0.2) is 0 Å². The van der Waals surface area contributed by atoms with E-state index in [1.807, 2.05) is 47.4 Å². The Bertz CT molecular complexity index is 906. The van der Waals surface area contributed by atoms with Crippen LogP contribution in [0, 0.1) is 5.92 Å². The molecule has 0 radical (unpaired) electrons. The van der Waals surface area contributed by atoms with Crippen molar-refractivity contribution in [2.75, 3.05) is 27.9 Å². The first kappa shape index (κ1) is 21.5. The Morgan fingerprint density at radius 2 is 1.68 bits per heavy atom. The topological polar surface area (TPSA) is 68.2 Å². The SMILES string of the molecule is COc1cc([C@H]2[C@H]3CCCC[C@]3(O)CCN2C(=O)c2ccccc2)cc(OC)c1OC. The fraction of sp³-hybridized carbons (Fsp3) is 0.480. The van der Waals surface area contributed by atoms with Crippen LogP contribution in [0.3, 0.4) is 0 Å². The molecule has 0 unspecified atom stereocenters. The summed E-state index contributed by atoms with van der Waals surface area (Å²) in [6.45, 7) is 0.502. The number of hydrogen-bond donors (Lipinski definition) is 1. The van der Waals surface area contributed by atoms with Gasteiger partial charge in [0.25, 0.3) is 5.91 Å². The highest BCUT2D eigenvalue weighted by molar-refractivity contribution is 5.94. The monoisotopic (exact) mass is 425 g/mol. The lowest BCUT2D eigenvalue weighted by atomic mass is 9.66. The number of piperidine rings is 1. The number of nitrogens with zero attached hydrogens (tertiary/aromatic N) is 1. The first-order valence-corrected chi connectivity index (χ1v) is 10.9. The molecule has 2 fully saturated rings. The second kappa shape index (κ2) is 8.79. The maximum atomic E-state index is 13.6. The van der Waals surface area contributed by atoms with E-state index in [0.717, 1.165) is 31.2 Å². The number of aliphatic hydroxyl groups is 1. The first-order chi connectivity index (χ1) is 15.0. The molecule has 166 valence electrons. The molecule has 2 aromatic carbocycles. The van der Waals surface area contributed by atoms with E-state index in [-0.39, 0.29) is 17.9 Å². The van der Waals surface area contributed by atoms with Crippen molar-refractivity contribution in [3.05, 3.63) is 53.6 Å². The van der Waals surface area contributed by atoms with Crippen molar-refractivity contribution in [2.45, 2.75) is 43.7 Å². The zero-order valence-electron chi connectivity index (χ0n) is 18.5. The number of benzene rings is 2. The smallest absolute Gasteiger partial charge is 0.254 e. The van der Waals surface area contributed by atoms with Gasteiger partial charge in [-0.3, -0.25) is 4.79 Å². The number of carbonyl (C=O) groups excluding carboxylic acids is 1. The Balaban J connectivity index is 1.83. The van der Waals surface area contributed by atoms with Crippen LogP contribution in [0.5, 0.6) is 17.2 Å². The van der Waals surface area contributed by atoms with E-state index in [2.05, 4.69) is 0 Å². The number of hydrogen-bond acceptors (Lipinski definition) is 5. The zero-order chi connectivity index (χ0) is 22.0. The summed E-state index contributed by atoms with van der Waals surface area (Å²) in [7, 11) is 4.75. The van der Waals surface area contributed by atoms with Gasteiger partial charge in [-0.15, -0.1) is 0 Å². The maximum Gasteiger partial charge on any atom is 0.254 e. The van der Waals surface area contributed by atoms with Crippen molar-refractivity contribution in [3.8, 4) is 17.2 Å². The molecule has 3 atom stereocenters. The fourth-order valence-corrected chi connectivity index (χ4v) is 5.34. The third-order valence-electron chi connectivity index (χ3n) is 6.88. The summed E-state index contributed by atoms with van der Waals surface area (Å²) in [5.41, 5.74) is 0.779. The van der Waals surface area contributed by atoms with Crippen LogP contribution in [0.25, 0.3) is 0 Å². The molecule has 2 aromatic rings. The van der Waals surface area contributed by atoms with Crippen molar-refractivity contribution in [3.63, 3.8) is 0 Å². The van der Waals surface area contributed by atoms with E-state index in [4.69, 9.17) is 14.2 Å². The summed E-state index contributed by atoms with van der Waals surface area (Å²) in [6.07, 6.45) is 4.29. The maximum absolute atomic E-state index is 13.6. The lowest BCUT2D eigenvalue weighted by molar-refractivity contribution is -0.115. The van der Waals surface area contributed by atoms with E-state index in [1.165, 1.54) is 0 Å². The zero-order valence-corrected chi connectivity index (χ0v) is 18.5. The predicted octanol–water partition coefficient (Wildman–Crippen LogP) is 4.22. The van der Waals surface area contributed by atoms with E-state index in [1.54, 1.807) is 21.3 Å². The van der Waals surface area contributed by atoms with Gasteiger partial charge in [0.2, 0.25) is 5.75 Å². The third kappa shape index (κ3) is 3.85. The van der Waals surface area contributed by atoms with Crippen LogP contribution in [0.15, 0.2) is 42.5 Å². The van der Waals surface area contributed by atoms with Crippen molar-refractivity contribution < 1.29 is 24.1 Å². The van der Waals surface area contributed by atoms with Crippen molar-refractivity contribution in [1.82, 2.24) is 4.90 Å². The summed E-state index contributed by atoms with van der Waals surface area (Å²) in [6, 6.07) is 12.9. The largest absolute Gasteiger partial charge is 0.493 e. The number of methoxy groups -OCH3 is 3. The molecule has 0 bridgehead atoms. The highest BCUT2D eigenvalue weighted by Crippen LogP contribution is 2.51. The van der Waals surface area contributed by atoms with Gasteiger partial charge in [0.1, 0.15) is 0 Å². The number of amides is 1. The van der Waals surface area contributed by atoms with Crippen LogP contribution in [-0.4, -0.2) is 49.4 Å². The summed E-state index contributed by atoms with van der Waals surface area (Å²) in [4.78, 5) is 15.5. The Labute approximate surface area is 183 Å². The highest BCUT2D eigenvalue weighted by Gasteiger charge is 2.50. The molecule has 4 rings (SSSR count). The summed E-state index contributed by atoms with van der Waals surface area (Å²) >= 11 is 0. The molecule has 1 N–H and O–H groups in total. The summed E-state index contributed by atoms with van der Waals surface area (Å²) < 4.78 is 16.7. The average Bonchev–Trinajstić information content (AvgIpc) is 2.82. The standard InChI is InChI=1S/C25H31NO5/c1-29-20-15-18(16-21(30-2)23(20)31-3)22-19-11-7-8-12-25(19,28)13-14-26(22)24(27)17-9-5-4-6-10-17/h4-6,9-10,15-16,19,22,28H,7-8,11-14H2,1-3H3/t19-,22+,25+/m1/s1. The van der Waals surface area contributed by atoms with E-state index in [0.29, 0.717) is 35.8 Å². The molecule has 1 aliphatic heterocycles. The first-order valence-electron chi connectivity index (χ1n) is 10.9. The number of rotatable bonds is 5. The molecule has 2 aliphatic rings. The van der Waals surface area contributed by atoms with Crippen molar-refractivity contribution in [1.29, 1.82) is 0 Å². The van der Waals surface area contributed by atoms with Crippen LogP contribution in [0.2, 0.25) is 0 Å². The van der Waals surface area contributed by atoms with Crippen molar-refractivity contribution >= 4 is 5.91 Å². The third-order valence-corrected chi connectivity index (χ3v) is 6.88. The van der Waals surface area contributed by atoms with Gasteiger partial charge in [0, 0.05) is 18.0 Å². The molecule has 6 heteroatoms. The van der Waals surface area contributed by atoms with Gasteiger partial charge < -0.3 is 24.2 Å². The molecule has 1 saturated heterocycles. The van der Waals surface area contributed by atoms with Crippen LogP contribution >= 0.6 is 0 Å². The quantitative estimate of drug-likeness (QED) is 0.777. The van der Waals surface area contributed by atoms with Crippen LogP contribution in [0.4, 0.5) is 0 Å². The van der Waals surface area contributed by atoms with Crippen molar-refractivity contribution in [2.24, 2.45) is 5.92 Å². The molecule has 1 saturated carbocycles. The lowest BCUT2D eigenvalue weighted by Crippen LogP contribution is -2.56. The van der Waals surface area contributed by atoms with Gasteiger partial charge in [-0.1, -0.05) is 31.0 Å². The molecular formula is C25H31NO5. The number of likely N-dealkylation sites (tertiary alicyclic amines) is 1. The number of carbonyl (C=O) groups is 1. The number of fused-ring (bicyclic) bond motifs is 1. The Kier molecular flexibility index (Phi) is 6.10. The van der Waals surface area contributed by atoms with Crippen LogP contribution < -0.4 is 14.2 Å². The van der Waals surface area contributed by atoms with Crippen LogP contribution in [0.1, 0.15) is 54.1 Å². The lowest BCUT2D eigenvalue weighted by Gasteiger charge is -2.52. The van der Waals surface area contributed by atoms with E-state index < -0.39 is 5.60 Å². The predicted molar refractivity (Wildman–Crippen MR) is 118 cm³/mol. The minimum Gasteiger partial charge on any atom is -0.493 e. The molecular weight excluding hydrogens is 394 g/mol. The molecule has 0 spiro atoms. The second-order valence-corrected chi connectivity index (χ2v) is 8.47. The van der Waals surface area contributed by atoms with E-state index >= 15 is 0 Å². The molecule has 31 heavy (non-hydrogen) atoms. The summed E-state index contributed by atoms with van der Waals surface area (Å²) in [5.74, 6) is 1.55. The fourth-order valence-electron chi connectivity index (χ4n) is 5.34. The second-order valence-electron chi connectivity index (χ2n) is 8.47. The Hall–Kier alpha value is -2.73. The molecule has 6 nitrogen and oxygen atoms in total. The van der Waals surface area contributed by atoms with Crippen LogP contribution in [-0.2, 0) is 0 Å². The minimum atomic E-state index is -0.767. The minimum absolute atomic E-state index is 0.0213. The molecule has 1 aliphatic carbocycles. The van der Waals surface area contributed by atoms with Gasteiger partial charge in [0.15, 0.2) is 11.5 Å². The normalized spacial score (nSPS) is 25.5. The van der Waals surface area contributed by atoms with Gasteiger partial charge in [-0.2, -0.15) is 0 Å². The molecule has 1 heterocycles. The van der Waals surface area contributed by atoms with Gasteiger partial charge in [0.05, 0.1) is 33.0 Å². The molecule has 0 aromatic heterocycles. The Morgan fingerprint density at radius 3 is 2.29 bits per heavy atom. The number of ether oxygens (including phenoxy) is 3.